The van der Waals surface area contributed by atoms with Crippen molar-refractivity contribution in [2.45, 2.75) is 6.42 Å². The van der Waals surface area contributed by atoms with E-state index in [0.717, 1.165) is 0 Å². The summed E-state index contributed by atoms with van der Waals surface area (Å²) in [6, 6.07) is 6.35. The molecule has 2 N–H and O–H groups in total. The molecule has 0 fully saturated rings. The van der Waals surface area contributed by atoms with Crippen molar-refractivity contribution in [1.29, 1.82) is 0 Å². The van der Waals surface area contributed by atoms with Gasteiger partial charge in [-0.25, -0.2) is 10.2 Å². The highest BCUT2D eigenvalue weighted by Gasteiger charge is 2.16. The first-order valence-corrected chi connectivity index (χ1v) is 4.36. The topological polar surface area (TPSA) is 78.8 Å². The first kappa shape index (κ1) is 9.39. The third kappa shape index (κ3) is 1.85. The van der Waals surface area contributed by atoms with Crippen molar-refractivity contribution < 1.29 is 14.7 Å². The number of hydrogen-bond acceptors (Lipinski definition) is 3. The molecule has 0 unspecified atom stereocenters. The van der Waals surface area contributed by atoms with E-state index in [1.165, 1.54) is 12.1 Å². The lowest BCUT2D eigenvalue weighted by Gasteiger charge is -1.99. The summed E-state index contributed by atoms with van der Waals surface area (Å²) in [5.74, 6) is -1.17. The van der Waals surface area contributed by atoms with Gasteiger partial charge < -0.3 is 5.11 Å². The number of carbonyl (C=O) groups excluding carboxylic acids is 1. The van der Waals surface area contributed by atoms with E-state index in [1.807, 2.05) is 0 Å². The Kier molecular flexibility index (Phi) is 2.21. The van der Waals surface area contributed by atoms with Gasteiger partial charge in [-0.15, -0.1) is 0 Å². The molecule has 1 aliphatic rings. The molecule has 15 heavy (non-hydrogen) atoms. The second kappa shape index (κ2) is 3.53. The molecule has 5 heteroatoms. The Morgan fingerprint density at radius 2 is 2.27 bits per heavy atom. The Bertz CT molecular complexity index is 465. The lowest BCUT2D eigenvalue weighted by molar-refractivity contribution is -0.119. The maximum atomic E-state index is 10.9. The van der Waals surface area contributed by atoms with Crippen molar-refractivity contribution in [2.24, 2.45) is 5.10 Å². The minimum absolute atomic E-state index is 0.175. The van der Waals surface area contributed by atoms with Crippen LogP contribution >= 0.6 is 0 Å². The van der Waals surface area contributed by atoms with Crippen LogP contribution in [0.3, 0.4) is 0 Å². The molecule has 0 saturated carbocycles. The molecule has 0 spiro atoms. The Balaban J connectivity index is 2.33. The maximum absolute atomic E-state index is 10.9. The zero-order valence-electron chi connectivity index (χ0n) is 7.73. The van der Waals surface area contributed by atoms with Crippen LogP contribution in [-0.4, -0.2) is 22.7 Å². The van der Waals surface area contributed by atoms with E-state index in [9.17, 15) is 9.59 Å². The molecule has 1 aromatic rings. The van der Waals surface area contributed by atoms with Crippen LogP contribution in [0.1, 0.15) is 22.3 Å². The Hall–Kier alpha value is -2.17. The monoisotopic (exact) mass is 204 g/mol. The van der Waals surface area contributed by atoms with Gasteiger partial charge in [0.1, 0.15) is 0 Å². The molecule has 0 aliphatic carbocycles. The third-order valence-corrected chi connectivity index (χ3v) is 2.09. The second-order valence-electron chi connectivity index (χ2n) is 3.16. The Morgan fingerprint density at radius 1 is 1.47 bits per heavy atom. The molecule has 2 rings (SSSR count). The molecule has 5 nitrogen and oxygen atoms in total. The molecule has 1 heterocycles. The number of carboxylic acids is 1. The summed E-state index contributed by atoms with van der Waals surface area (Å²) in [5.41, 5.74) is 3.74. The largest absolute Gasteiger partial charge is 0.478 e. The van der Waals surface area contributed by atoms with Gasteiger partial charge in [0.05, 0.1) is 17.7 Å². The number of amides is 1. The first-order valence-electron chi connectivity index (χ1n) is 4.36. The van der Waals surface area contributed by atoms with Gasteiger partial charge in [-0.05, 0) is 17.7 Å². The summed E-state index contributed by atoms with van der Waals surface area (Å²) in [4.78, 5) is 21.6. The van der Waals surface area contributed by atoms with Crippen molar-refractivity contribution in [3.63, 3.8) is 0 Å². The van der Waals surface area contributed by atoms with Crippen molar-refractivity contribution in [2.75, 3.05) is 0 Å². The molecule has 76 valence electrons. The summed E-state index contributed by atoms with van der Waals surface area (Å²) >= 11 is 0. The van der Waals surface area contributed by atoms with Crippen LogP contribution in [0.4, 0.5) is 0 Å². The zero-order valence-corrected chi connectivity index (χ0v) is 7.73. The van der Waals surface area contributed by atoms with E-state index < -0.39 is 5.97 Å². The molecule has 1 aliphatic heterocycles. The van der Waals surface area contributed by atoms with Gasteiger partial charge in [-0.2, -0.15) is 5.10 Å². The summed E-state index contributed by atoms with van der Waals surface area (Å²) < 4.78 is 0. The average molecular weight is 204 g/mol. The maximum Gasteiger partial charge on any atom is 0.335 e. The Morgan fingerprint density at radius 3 is 2.87 bits per heavy atom. The highest BCUT2D eigenvalue weighted by atomic mass is 16.4. The van der Waals surface area contributed by atoms with Crippen molar-refractivity contribution in [1.82, 2.24) is 5.43 Å². The molecule has 0 radical (unpaired) electrons. The molecule has 1 aromatic carbocycles. The summed E-state index contributed by atoms with van der Waals surface area (Å²) in [6.07, 6.45) is 0.197. The predicted octanol–water partition coefficient (Wildman–Crippen LogP) is 0.609. The summed E-state index contributed by atoms with van der Waals surface area (Å²) in [6.45, 7) is 0. The molecule has 0 aromatic heterocycles. The predicted molar refractivity (Wildman–Crippen MR) is 52.7 cm³/mol. The third-order valence-electron chi connectivity index (χ3n) is 2.09. The number of hydrogen-bond donors (Lipinski definition) is 2. The lowest BCUT2D eigenvalue weighted by Crippen LogP contribution is -2.09. The van der Waals surface area contributed by atoms with Crippen LogP contribution < -0.4 is 5.43 Å². The number of carboxylic acid groups (broad SMARTS) is 1. The molecular weight excluding hydrogens is 196 g/mol. The number of nitrogens with one attached hydrogen (secondary N) is 1. The van der Waals surface area contributed by atoms with Crippen LogP contribution in [0.25, 0.3) is 0 Å². The molecule has 0 saturated heterocycles. The number of benzene rings is 1. The normalized spacial score (nSPS) is 14.7. The average Bonchev–Trinajstić information content (AvgIpc) is 2.65. The number of aromatic carboxylic acids is 1. The highest BCUT2D eigenvalue weighted by Crippen LogP contribution is 2.11. The lowest BCUT2D eigenvalue weighted by atomic mass is 10.0. The van der Waals surface area contributed by atoms with E-state index in [4.69, 9.17) is 5.11 Å². The standard InChI is InChI=1S/C10H8N2O3/c13-9-5-8(11-12-9)6-2-1-3-7(4-6)10(14)15/h1-4H,5H2,(H,12,13)(H,14,15). The van der Waals surface area contributed by atoms with Crippen LogP contribution in [0.5, 0.6) is 0 Å². The number of carbonyl (C=O) groups is 2. The minimum atomic E-state index is -0.991. The van der Waals surface area contributed by atoms with Crippen molar-refractivity contribution in [3.8, 4) is 0 Å². The van der Waals surface area contributed by atoms with Crippen LogP contribution in [0.15, 0.2) is 29.4 Å². The SMILES string of the molecule is O=C1CC(c2cccc(C(=O)O)c2)=NN1. The van der Waals surface area contributed by atoms with Crippen LogP contribution in [0, 0.1) is 0 Å². The highest BCUT2D eigenvalue weighted by molar-refractivity contribution is 6.14. The number of rotatable bonds is 2. The van der Waals surface area contributed by atoms with Gasteiger partial charge in [-0.3, -0.25) is 4.79 Å². The first-order chi connectivity index (χ1) is 7.16. The van der Waals surface area contributed by atoms with Gasteiger partial charge in [0.25, 0.3) is 0 Å². The minimum Gasteiger partial charge on any atom is -0.478 e. The fraction of sp³-hybridized carbons (Fsp3) is 0.100. The van der Waals surface area contributed by atoms with Gasteiger partial charge in [0.2, 0.25) is 5.91 Å². The number of nitrogens with zero attached hydrogens (tertiary/aromatic N) is 1. The van der Waals surface area contributed by atoms with Gasteiger partial charge in [-0.1, -0.05) is 12.1 Å². The summed E-state index contributed by atoms with van der Waals surface area (Å²) in [5, 5.41) is 12.6. The summed E-state index contributed by atoms with van der Waals surface area (Å²) in [7, 11) is 0. The van der Waals surface area contributed by atoms with Gasteiger partial charge >= 0.3 is 5.97 Å². The molecule has 1 amide bonds. The number of hydrazone groups is 1. The molecule has 0 atom stereocenters. The zero-order chi connectivity index (χ0) is 10.8. The van der Waals surface area contributed by atoms with Crippen molar-refractivity contribution >= 4 is 17.6 Å². The van der Waals surface area contributed by atoms with Gasteiger partial charge in [0, 0.05) is 0 Å². The molecule has 0 bridgehead atoms. The fourth-order valence-electron chi connectivity index (χ4n) is 1.36. The van der Waals surface area contributed by atoms with Gasteiger partial charge in [0.15, 0.2) is 0 Å². The second-order valence-corrected chi connectivity index (χ2v) is 3.16. The van der Waals surface area contributed by atoms with Crippen LogP contribution in [0.2, 0.25) is 0 Å². The fourth-order valence-corrected chi connectivity index (χ4v) is 1.36. The van der Waals surface area contributed by atoms with E-state index >= 15 is 0 Å². The Labute approximate surface area is 85.4 Å². The van der Waals surface area contributed by atoms with E-state index in [2.05, 4.69) is 10.5 Å². The van der Waals surface area contributed by atoms with Crippen LogP contribution in [-0.2, 0) is 4.79 Å². The molecular formula is C10H8N2O3. The van der Waals surface area contributed by atoms with Crippen molar-refractivity contribution in [3.05, 3.63) is 35.4 Å². The quantitative estimate of drug-likeness (QED) is 0.740. The van der Waals surface area contributed by atoms with E-state index in [0.29, 0.717) is 11.3 Å². The van der Waals surface area contributed by atoms with E-state index in [1.54, 1.807) is 12.1 Å². The smallest absolute Gasteiger partial charge is 0.335 e. The van der Waals surface area contributed by atoms with E-state index in [-0.39, 0.29) is 17.9 Å².